The van der Waals surface area contributed by atoms with Crippen LogP contribution in [0.4, 0.5) is 5.82 Å². The Bertz CT molecular complexity index is 1580. The zero-order valence-corrected chi connectivity index (χ0v) is 22.2. The van der Waals surface area contributed by atoms with E-state index in [0.717, 1.165) is 38.5 Å². The molecule has 7 nitrogen and oxygen atoms in total. The van der Waals surface area contributed by atoms with E-state index in [2.05, 4.69) is 29.1 Å². The Hall–Kier alpha value is -3.88. The second kappa shape index (κ2) is 10.2. The van der Waals surface area contributed by atoms with Gasteiger partial charge in [-0.2, -0.15) is 0 Å². The normalized spacial score (nSPS) is 12.1. The number of nitrogens with one attached hydrogen (secondary N) is 1. The highest BCUT2D eigenvalue weighted by Crippen LogP contribution is 2.37. The van der Waals surface area contributed by atoms with Crippen molar-refractivity contribution in [3.63, 3.8) is 0 Å². The Kier molecular flexibility index (Phi) is 6.86. The predicted molar refractivity (Wildman–Crippen MR) is 150 cm³/mol. The van der Waals surface area contributed by atoms with Gasteiger partial charge in [0, 0.05) is 34.5 Å². The number of hydrogen-bond acceptors (Lipinski definition) is 6. The van der Waals surface area contributed by atoms with E-state index in [1.165, 1.54) is 11.3 Å². The van der Waals surface area contributed by atoms with Gasteiger partial charge >= 0.3 is 0 Å². The molecule has 0 bridgehead atoms. The number of benzene rings is 2. The molecular formula is C28H26ClN5O2S. The number of carbonyl (C=O) groups is 1. The number of ether oxygens (including phenoxy) is 1. The van der Waals surface area contributed by atoms with Crippen LogP contribution in [0, 0.1) is 0 Å². The van der Waals surface area contributed by atoms with E-state index in [0.29, 0.717) is 21.7 Å². The van der Waals surface area contributed by atoms with Crippen LogP contribution in [-0.4, -0.2) is 26.5 Å². The average molecular weight is 532 g/mol. The fraction of sp³-hybridized carbons (Fsp3) is 0.179. The number of fused-ring (bicyclic) bond motifs is 1. The minimum Gasteiger partial charge on any atom is -0.484 e. The summed E-state index contributed by atoms with van der Waals surface area (Å²) in [5, 5.41) is 4.67. The van der Waals surface area contributed by atoms with Crippen LogP contribution < -0.4 is 15.8 Å². The van der Waals surface area contributed by atoms with Crippen molar-refractivity contribution < 1.29 is 9.53 Å². The van der Waals surface area contributed by atoms with E-state index in [9.17, 15) is 4.79 Å². The first kappa shape index (κ1) is 24.8. The molecule has 0 aliphatic carbocycles. The number of pyridine rings is 1. The zero-order chi connectivity index (χ0) is 26.1. The molecule has 1 atom stereocenters. The van der Waals surface area contributed by atoms with Crippen LogP contribution in [0.2, 0.25) is 5.02 Å². The Morgan fingerprint density at radius 3 is 2.54 bits per heavy atom. The van der Waals surface area contributed by atoms with Crippen LogP contribution in [0.3, 0.4) is 0 Å². The highest BCUT2D eigenvalue weighted by Gasteiger charge is 2.21. The number of rotatable bonds is 8. The van der Waals surface area contributed by atoms with Crippen molar-refractivity contribution in [1.82, 2.24) is 14.5 Å². The fourth-order valence-corrected chi connectivity index (χ4v) is 5.33. The first-order valence-corrected chi connectivity index (χ1v) is 13.0. The lowest BCUT2D eigenvalue weighted by Crippen LogP contribution is -2.12. The van der Waals surface area contributed by atoms with Gasteiger partial charge in [0.15, 0.2) is 0 Å². The molecule has 3 aromatic heterocycles. The number of anilines is 1. The van der Waals surface area contributed by atoms with Crippen molar-refractivity contribution in [2.24, 2.45) is 5.73 Å². The number of imidazole rings is 1. The van der Waals surface area contributed by atoms with Gasteiger partial charge in [0.05, 0.1) is 11.0 Å². The number of nitrogens with zero attached hydrogens (tertiary/aromatic N) is 3. The summed E-state index contributed by atoms with van der Waals surface area (Å²) in [6.07, 6.45) is 3.22. The number of amides is 1. The largest absolute Gasteiger partial charge is 0.484 e. The smallest absolute Gasteiger partial charge is 0.262 e. The molecule has 37 heavy (non-hydrogen) atoms. The van der Waals surface area contributed by atoms with Crippen molar-refractivity contribution in [1.29, 1.82) is 0 Å². The Balaban J connectivity index is 1.45. The lowest BCUT2D eigenvalue weighted by Gasteiger charge is -2.16. The number of primary amides is 1. The van der Waals surface area contributed by atoms with Gasteiger partial charge in [0.1, 0.15) is 33.9 Å². The first-order valence-electron chi connectivity index (χ1n) is 11.9. The SMILES string of the molecule is CC(C)Nc1ccc(-c2ccc3c(c2)ncn3-c2cc(O[C@H](C)c3ccccc3Cl)c(C(N)=O)s2)cn1. The zero-order valence-electron chi connectivity index (χ0n) is 20.6. The van der Waals surface area contributed by atoms with E-state index in [1.54, 1.807) is 6.33 Å². The number of aromatic nitrogens is 3. The molecule has 0 fully saturated rings. The lowest BCUT2D eigenvalue weighted by molar-refractivity contribution is 0.0998. The molecule has 0 aliphatic heterocycles. The second-order valence-corrected chi connectivity index (χ2v) is 10.4. The summed E-state index contributed by atoms with van der Waals surface area (Å²) in [6, 6.07) is 19.7. The third kappa shape index (κ3) is 5.16. The molecule has 2 aromatic carbocycles. The minimum absolute atomic E-state index is 0.316. The summed E-state index contributed by atoms with van der Waals surface area (Å²) in [4.78, 5) is 21.7. The highest BCUT2D eigenvalue weighted by atomic mass is 35.5. The number of halogens is 1. The third-order valence-electron chi connectivity index (χ3n) is 5.87. The molecule has 0 radical (unpaired) electrons. The van der Waals surface area contributed by atoms with Crippen molar-refractivity contribution in [2.75, 3.05) is 5.32 Å². The Morgan fingerprint density at radius 1 is 1.05 bits per heavy atom. The molecular weight excluding hydrogens is 506 g/mol. The van der Waals surface area contributed by atoms with Gasteiger partial charge in [0.25, 0.3) is 5.91 Å². The van der Waals surface area contributed by atoms with Gasteiger partial charge < -0.3 is 15.8 Å². The summed E-state index contributed by atoms with van der Waals surface area (Å²) in [6.45, 7) is 6.04. The predicted octanol–water partition coefficient (Wildman–Crippen LogP) is 6.86. The first-order chi connectivity index (χ1) is 17.8. The van der Waals surface area contributed by atoms with Crippen molar-refractivity contribution in [2.45, 2.75) is 32.9 Å². The second-order valence-electron chi connectivity index (χ2n) is 8.97. The summed E-state index contributed by atoms with van der Waals surface area (Å²) in [7, 11) is 0. The monoisotopic (exact) mass is 531 g/mol. The van der Waals surface area contributed by atoms with Gasteiger partial charge in [-0.3, -0.25) is 9.36 Å². The van der Waals surface area contributed by atoms with Gasteiger partial charge in [-0.1, -0.05) is 35.9 Å². The highest BCUT2D eigenvalue weighted by molar-refractivity contribution is 7.16. The van der Waals surface area contributed by atoms with Gasteiger partial charge in [-0.15, -0.1) is 11.3 Å². The van der Waals surface area contributed by atoms with Gasteiger partial charge in [-0.25, -0.2) is 9.97 Å². The van der Waals surface area contributed by atoms with E-state index in [4.69, 9.17) is 22.1 Å². The molecule has 188 valence electrons. The molecule has 3 N–H and O–H groups in total. The minimum atomic E-state index is -0.549. The maximum Gasteiger partial charge on any atom is 0.262 e. The van der Waals surface area contributed by atoms with Crippen molar-refractivity contribution in [3.8, 4) is 21.9 Å². The van der Waals surface area contributed by atoms with E-state index in [-0.39, 0.29) is 6.10 Å². The molecule has 0 aliphatic rings. The molecule has 1 amide bonds. The maximum absolute atomic E-state index is 12.2. The summed E-state index contributed by atoms with van der Waals surface area (Å²) >= 11 is 7.60. The number of carbonyl (C=O) groups excluding carboxylic acids is 1. The van der Waals surface area contributed by atoms with Crippen molar-refractivity contribution >= 4 is 45.7 Å². The molecule has 5 rings (SSSR count). The number of hydrogen-bond donors (Lipinski definition) is 2. The van der Waals surface area contributed by atoms with E-state index < -0.39 is 5.91 Å². The number of thiophene rings is 1. The summed E-state index contributed by atoms with van der Waals surface area (Å²) in [5.74, 6) is 0.709. The van der Waals surface area contributed by atoms with E-state index >= 15 is 0 Å². The molecule has 0 saturated heterocycles. The van der Waals surface area contributed by atoms with Crippen LogP contribution in [0.25, 0.3) is 27.2 Å². The average Bonchev–Trinajstić information content (AvgIpc) is 3.48. The van der Waals surface area contributed by atoms with E-state index in [1.807, 2.05) is 78.4 Å². The molecule has 0 spiro atoms. The standard InChI is InChI=1S/C28H26ClN5O2S/c1-16(2)33-25-11-9-19(14-31-25)18-8-10-23-22(12-18)32-15-34(23)26-13-24(27(37-26)28(30)35)36-17(3)20-6-4-5-7-21(20)29/h4-17H,1-3H3,(H2,30,35)(H,31,33)/t17-/m1/s1. The summed E-state index contributed by atoms with van der Waals surface area (Å²) in [5.41, 5.74) is 10.3. The maximum atomic E-state index is 12.2. The third-order valence-corrected chi connectivity index (χ3v) is 7.35. The number of nitrogens with two attached hydrogens (primary N) is 1. The van der Waals surface area contributed by atoms with Crippen molar-refractivity contribution in [3.05, 3.63) is 88.7 Å². The Morgan fingerprint density at radius 2 is 1.84 bits per heavy atom. The molecule has 0 saturated carbocycles. The van der Waals surface area contributed by atoms with Crippen LogP contribution in [0.5, 0.6) is 5.75 Å². The van der Waals surface area contributed by atoms with Crippen LogP contribution in [-0.2, 0) is 0 Å². The molecule has 0 unspecified atom stereocenters. The van der Waals surface area contributed by atoms with Crippen LogP contribution in [0.1, 0.15) is 42.1 Å². The summed E-state index contributed by atoms with van der Waals surface area (Å²) < 4.78 is 8.08. The molecule has 9 heteroatoms. The fourth-order valence-electron chi connectivity index (χ4n) is 4.11. The van der Waals surface area contributed by atoms with Gasteiger partial charge in [-0.05, 0) is 56.7 Å². The van der Waals surface area contributed by atoms with Crippen LogP contribution >= 0.6 is 22.9 Å². The van der Waals surface area contributed by atoms with Crippen LogP contribution in [0.15, 0.2) is 73.2 Å². The topological polar surface area (TPSA) is 95.1 Å². The lowest BCUT2D eigenvalue weighted by atomic mass is 10.1. The van der Waals surface area contributed by atoms with Gasteiger partial charge in [0.2, 0.25) is 0 Å². The molecule has 3 heterocycles. The quantitative estimate of drug-likeness (QED) is 0.228. The Labute approximate surface area is 223 Å². The molecule has 5 aromatic rings.